The lowest BCUT2D eigenvalue weighted by Crippen LogP contribution is -2.53. The lowest BCUT2D eigenvalue weighted by molar-refractivity contribution is -0.139. The minimum absolute atomic E-state index is 0.120. The number of aliphatic carboxylic acids is 1. The molecule has 2 fully saturated rings. The third-order valence-electron chi connectivity index (χ3n) is 9.68. The molecule has 4 N–H and O–H groups in total. The highest BCUT2D eigenvalue weighted by atomic mass is 32.1. The van der Waals surface area contributed by atoms with Gasteiger partial charge in [0.2, 0.25) is 17.7 Å². The first kappa shape index (κ1) is 38.2. The van der Waals surface area contributed by atoms with Crippen LogP contribution in [0.1, 0.15) is 115 Å². The molecule has 5 rings (SSSR count). The van der Waals surface area contributed by atoms with E-state index in [1.165, 1.54) is 10.5 Å². The summed E-state index contributed by atoms with van der Waals surface area (Å²) in [6.07, 6.45) is 11.0. The number of pyridine rings is 1. The highest BCUT2D eigenvalue weighted by molar-refractivity contribution is 7.13. The highest BCUT2D eigenvalue weighted by Crippen LogP contribution is 2.40. The van der Waals surface area contributed by atoms with E-state index in [9.17, 15) is 19.2 Å². The van der Waals surface area contributed by atoms with E-state index in [0.717, 1.165) is 66.9 Å². The van der Waals surface area contributed by atoms with E-state index in [1.54, 1.807) is 32.1 Å². The third kappa shape index (κ3) is 10.3. The first-order valence-corrected chi connectivity index (χ1v) is 19.2. The number of carboxylic acids is 1. The standard InChI is InChI=1S/C38H53N5O7S/c1-22(2)30-21-51-34(41-30)29-18-24-14-11-12-15-26(24)33(40-29)49-25-19-31(32(39)44)43(20-25)35(45)28(42-37(48)50-38(3,4)5)16-10-8-6-7-9-13-23-17-27(23)36(46)47/h9,13,18,21-23,25,27-28,31H,6-8,10-12,14-17,19-20H2,1-5H3,(H2,39,44)(H,42,48)(H,46,47). The molecule has 5 atom stereocenters. The quantitative estimate of drug-likeness (QED) is 0.144. The average Bonchev–Trinajstić information content (AvgIpc) is 3.44. The van der Waals surface area contributed by atoms with E-state index in [2.05, 4.69) is 30.6 Å². The maximum absolute atomic E-state index is 14.1. The molecule has 0 aromatic carbocycles. The molecular weight excluding hydrogens is 671 g/mol. The number of aromatic nitrogens is 2. The van der Waals surface area contributed by atoms with Crippen LogP contribution in [0.25, 0.3) is 10.7 Å². The Bertz CT molecular complexity index is 1620. The van der Waals surface area contributed by atoms with Crippen molar-refractivity contribution in [2.75, 3.05) is 6.54 Å². The van der Waals surface area contributed by atoms with Crippen LogP contribution >= 0.6 is 11.3 Å². The summed E-state index contributed by atoms with van der Waals surface area (Å²) in [5, 5.41) is 14.7. The van der Waals surface area contributed by atoms with Crippen molar-refractivity contribution in [2.45, 2.75) is 135 Å². The number of fused-ring (bicyclic) bond motifs is 1. The molecular formula is C38H53N5O7S. The van der Waals surface area contributed by atoms with Crippen molar-refractivity contribution < 1.29 is 33.8 Å². The molecule has 51 heavy (non-hydrogen) atoms. The monoisotopic (exact) mass is 723 g/mol. The van der Waals surface area contributed by atoms with E-state index < -0.39 is 47.7 Å². The predicted octanol–water partition coefficient (Wildman–Crippen LogP) is 6.16. The summed E-state index contributed by atoms with van der Waals surface area (Å²) >= 11 is 1.56. The summed E-state index contributed by atoms with van der Waals surface area (Å²) in [7, 11) is 0. The fraction of sp³-hybridized carbons (Fsp3) is 0.632. The molecule has 2 aliphatic carbocycles. The maximum atomic E-state index is 14.1. The summed E-state index contributed by atoms with van der Waals surface area (Å²) in [5.41, 5.74) is 9.12. The van der Waals surface area contributed by atoms with Crippen molar-refractivity contribution in [3.63, 3.8) is 0 Å². The van der Waals surface area contributed by atoms with Gasteiger partial charge in [0.25, 0.3) is 0 Å². The van der Waals surface area contributed by atoms with Crippen LogP contribution in [0, 0.1) is 11.8 Å². The summed E-state index contributed by atoms with van der Waals surface area (Å²) in [4.78, 5) is 62.0. The molecule has 2 aromatic heterocycles. The number of hydrogen-bond donors (Lipinski definition) is 3. The average molecular weight is 724 g/mol. The number of carbonyl (C=O) groups is 4. The lowest BCUT2D eigenvalue weighted by atomic mass is 9.92. The highest BCUT2D eigenvalue weighted by Gasteiger charge is 2.43. The summed E-state index contributed by atoms with van der Waals surface area (Å²) in [6, 6.07) is 0.291. The van der Waals surface area contributed by atoms with Crippen molar-refractivity contribution in [3.05, 3.63) is 40.4 Å². The Hall–Kier alpha value is -4.00. The van der Waals surface area contributed by atoms with Crippen molar-refractivity contribution in [1.29, 1.82) is 0 Å². The number of nitrogens with zero attached hydrogens (tertiary/aromatic N) is 3. The second-order valence-corrected chi connectivity index (χ2v) is 16.2. The van der Waals surface area contributed by atoms with Gasteiger partial charge in [0.05, 0.1) is 18.2 Å². The number of primary amides is 1. The molecule has 0 radical (unpaired) electrons. The molecule has 0 spiro atoms. The molecule has 13 heteroatoms. The van der Waals surface area contributed by atoms with Crippen LogP contribution in [0.3, 0.4) is 0 Å². The molecule has 1 saturated heterocycles. The molecule has 0 bridgehead atoms. The normalized spacial score (nSPS) is 22.1. The topological polar surface area (TPSA) is 174 Å². The number of ether oxygens (including phenoxy) is 2. The Morgan fingerprint density at radius 2 is 1.88 bits per heavy atom. The molecule has 3 heterocycles. The zero-order chi connectivity index (χ0) is 36.9. The van der Waals surface area contributed by atoms with Crippen LogP contribution < -0.4 is 15.8 Å². The fourth-order valence-corrected chi connectivity index (χ4v) is 7.75. The maximum Gasteiger partial charge on any atom is 0.408 e. The van der Waals surface area contributed by atoms with Gasteiger partial charge in [-0.15, -0.1) is 11.3 Å². The molecule has 3 amide bonds. The Kier molecular flexibility index (Phi) is 12.4. The van der Waals surface area contributed by atoms with E-state index >= 15 is 0 Å². The van der Waals surface area contributed by atoms with Crippen molar-refractivity contribution >= 4 is 35.2 Å². The van der Waals surface area contributed by atoms with Gasteiger partial charge in [-0.2, -0.15) is 0 Å². The number of unbranched alkanes of at least 4 members (excludes halogenated alkanes) is 3. The number of hydrogen-bond acceptors (Lipinski definition) is 9. The third-order valence-corrected chi connectivity index (χ3v) is 10.6. The molecule has 3 aliphatic rings. The first-order valence-electron chi connectivity index (χ1n) is 18.3. The van der Waals surface area contributed by atoms with Crippen LogP contribution in [0.2, 0.25) is 0 Å². The summed E-state index contributed by atoms with van der Waals surface area (Å²) < 4.78 is 12.1. The number of amides is 3. The Morgan fingerprint density at radius 1 is 1.12 bits per heavy atom. The molecule has 1 saturated carbocycles. The number of allylic oxidation sites excluding steroid dienone is 2. The van der Waals surface area contributed by atoms with Gasteiger partial charge in [0, 0.05) is 17.4 Å². The van der Waals surface area contributed by atoms with Crippen molar-refractivity contribution in [1.82, 2.24) is 20.2 Å². The number of carboxylic acid groups (broad SMARTS) is 1. The number of rotatable bonds is 15. The van der Waals surface area contributed by atoms with Crippen LogP contribution in [-0.4, -0.2) is 74.2 Å². The molecule has 278 valence electrons. The molecule has 2 aromatic rings. The number of aryl methyl sites for hydroxylation is 1. The van der Waals surface area contributed by atoms with Crippen LogP contribution in [0.4, 0.5) is 4.79 Å². The van der Waals surface area contributed by atoms with Gasteiger partial charge in [0.1, 0.15) is 34.5 Å². The van der Waals surface area contributed by atoms with Gasteiger partial charge >= 0.3 is 12.1 Å². The van der Waals surface area contributed by atoms with Crippen LogP contribution in [0.5, 0.6) is 5.88 Å². The fourth-order valence-electron chi connectivity index (χ4n) is 6.81. The minimum atomic E-state index is -0.923. The number of nitrogens with one attached hydrogen (secondary N) is 1. The molecule has 5 unspecified atom stereocenters. The van der Waals surface area contributed by atoms with E-state index in [0.29, 0.717) is 31.1 Å². The van der Waals surface area contributed by atoms with E-state index in [1.807, 2.05) is 12.2 Å². The number of alkyl carbamates (subject to hydrolysis) is 1. The lowest BCUT2D eigenvalue weighted by Gasteiger charge is -2.28. The molecule has 12 nitrogen and oxygen atoms in total. The van der Waals surface area contributed by atoms with E-state index in [4.69, 9.17) is 30.3 Å². The van der Waals surface area contributed by atoms with Gasteiger partial charge in [0.15, 0.2) is 0 Å². The largest absolute Gasteiger partial charge is 0.481 e. The zero-order valence-electron chi connectivity index (χ0n) is 30.5. The van der Waals surface area contributed by atoms with Crippen molar-refractivity contribution in [2.24, 2.45) is 17.6 Å². The number of nitrogens with two attached hydrogens (primary N) is 1. The van der Waals surface area contributed by atoms with Gasteiger partial charge in [-0.1, -0.05) is 38.8 Å². The number of likely N-dealkylation sites (tertiary alicyclic amines) is 1. The Labute approximate surface area is 304 Å². The zero-order valence-corrected chi connectivity index (χ0v) is 31.3. The number of thiazole rings is 1. The van der Waals surface area contributed by atoms with Crippen LogP contribution in [-0.2, 0) is 32.0 Å². The summed E-state index contributed by atoms with van der Waals surface area (Å²) in [6.45, 7) is 9.60. The number of carbonyl (C=O) groups excluding carboxylic acids is 3. The Balaban J connectivity index is 1.27. The SMILES string of the molecule is CC(C)c1csc(-c2cc3c(c(OC4CC(C(N)=O)N(C(=O)C(CCCCCC=CC5CC5C(=O)O)NC(=O)OC(C)(C)C)C4)n2)CCCC3)n1. The van der Waals surface area contributed by atoms with Gasteiger partial charge in [-0.05, 0) is 95.6 Å². The van der Waals surface area contributed by atoms with Gasteiger partial charge in [-0.3, -0.25) is 14.4 Å². The smallest absolute Gasteiger partial charge is 0.408 e. The van der Waals surface area contributed by atoms with Gasteiger partial charge < -0.3 is 30.5 Å². The van der Waals surface area contributed by atoms with Crippen LogP contribution in [0.15, 0.2) is 23.6 Å². The first-order chi connectivity index (χ1) is 24.2. The van der Waals surface area contributed by atoms with Gasteiger partial charge in [-0.25, -0.2) is 14.8 Å². The predicted molar refractivity (Wildman–Crippen MR) is 194 cm³/mol. The van der Waals surface area contributed by atoms with E-state index in [-0.39, 0.29) is 24.8 Å². The second-order valence-electron chi connectivity index (χ2n) is 15.4. The minimum Gasteiger partial charge on any atom is -0.481 e. The summed E-state index contributed by atoms with van der Waals surface area (Å²) in [5.74, 6) is -1.11. The second kappa shape index (κ2) is 16.6. The Morgan fingerprint density at radius 3 is 2.55 bits per heavy atom. The molecule has 1 aliphatic heterocycles. The van der Waals surface area contributed by atoms with Crippen molar-refractivity contribution in [3.8, 4) is 16.6 Å².